The van der Waals surface area contributed by atoms with Crippen LogP contribution in [0.4, 0.5) is 24.5 Å². The fourth-order valence-corrected chi connectivity index (χ4v) is 1.53. The van der Waals surface area contributed by atoms with E-state index >= 15 is 0 Å². The summed E-state index contributed by atoms with van der Waals surface area (Å²) < 4.78 is 37.1. The van der Waals surface area contributed by atoms with Crippen LogP contribution in [0.5, 0.6) is 0 Å². The van der Waals surface area contributed by atoms with Gasteiger partial charge in [0.1, 0.15) is 0 Å². The van der Waals surface area contributed by atoms with Crippen LogP contribution in [0.1, 0.15) is 18.9 Å². The Labute approximate surface area is 92.9 Å². The molecular formula is C11H15F3N2. The Balaban J connectivity index is 3.00. The number of benzene rings is 1. The highest BCUT2D eigenvalue weighted by Crippen LogP contribution is 2.33. The maximum absolute atomic E-state index is 12.4. The largest absolute Gasteiger partial charge is 0.416 e. The van der Waals surface area contributed by atoms with Crippen molar-refractivity contribution in [3.8, 4) is 0 Å². The first kappa shape index (κ1) is 12.7. The number of hydrogen-bond donors (Lipinski definition) is 1. The highest BCUT2D eigenvalue weighted by molar-refractivity contribution is 5.68. The van der Waals surface area contributed by atoms with Crippen LogP contribution in [-0.2, 0) is 6.18 Å². The third-order valence-electron chi connectivity index (χ3n) is 2.33. The minimum atomic E-state index is -4.34. The van der Waals surface area contributed by atoms with Gasteiger partial charge in [0.2, 0.25) is 0 Å². The van der Waals surface area contributed by atoms with Crippen LogP contribution in [-0.4, -0.2) is 13.6 Å². The van der Waals surface area contributed by atoms with E-state index in [-0.39, 0.29) is 5.69 Å². The van der Waals surface area contributed by atoms with Gasteiger partial charge in [0.05, 0.1) is 16.9 Å². The van der Waals surface area contributed by atoms with Gasteiger partial charge in [-0.15, -0.1) is 0 Å². The van der Waals surface area contributed by atoms with E-state index in [1.54, 1.807) is 0 Å². The smallest absolute Gasteiger partial charge is 0.397 e. The van der Waals surface area contributed by atoms with Crippen molar-refractivity contribution in [1.82, 2.24) is 0 Å². The summed E-state index contributed by atoms with van der Waals surface area (Å²) in [5.74, 6) is 0. The lowest BCUT2D eigenvalue weighted by molar-refractivity contribution is -0.137. The first-order chi connectivity index (χ1) is 7.36. The predicted octanol–water partition coefficient (Wildman–Crippen LogP) is 3.13. The van der Waals surface area contributed by atoms with Crippen molar-refractivity contribution in [2.24, 2.45) is 0 Å². The SMILES string of the molecule is CCCN(C)c1ccc(C(F)(F)F)cc1N. The topological polar surface area (TPSA) is 29.3 Å². The van der Waals surface area contributed by atoms with Gasteiger partial charge in [-0.1, -0.05) is 6.92 Å². The number of anilines is 2. The quantitative estimate of drug-likeness (QED) is 0.811. The molecule has 1 rings (SSSR count). The van der Waals surface area contributed by atoms with Gasteiger partial charge in [0.15, 0.2) is 0 Å². The summed E-state index contributed by atoms with van der Waals surface area (Å²) in [5.41, 5.74) is 5.69. The van der Waals surface area contributed by atoms with E-state index in [0.717, 1.165) is 25.1 Å². The molecule has 0 aliphatic carbocycles. The Morgan fingerprint density at radius 3 is 2.38 bits per heavy atom. The van der Waals surface area contributed by atoms with Crippen molar-refractivity contribution < 1.29 is 13.2 Å². The van der Waals surface area contributed by atoms with Crippen molar-refractivity contribution in [1.29, 1.82) is 0 Å². The average Bonchev–Trinajstić information content (AvgIpc) is 2.16. The molecule has 0 atom stereocenters. The number of hydrogen-bond acceptors (Lipinski definition) is 2. The van der Waals surface area contributed by atoms with Gasteiger partial charge in [-0.3, -0.25) is 0 Å². The van der Waals surface area contributed by atoms with Crippen molar-refractivity contribution >= 4 is 11.4 Å². The molecule has 0 aliphatic rings. The van der Waals surface area contributed by atoms with Crippen LogP contribution in [0.15, 0.2) is 18.2 Å². The van der Waals surface area contributed by atoms with Gasteiger partial charge in [0, 0.05) is 13.6 Å². The molecule has 2 nitrogen and oxygen atoms in total. The predicted molar refractivity (Wildman–Crippen MR) is 59.4 cm³/mol. The molecule has 1 aromatic rings. The Hall–Kier alpha value is -1.39. The molecule has 1 aromatic carbocycles. The maximum Gasteiger partial charge on any atom is 0.416 e. The summed E-state index contributed by atoms with van der Waals surface area (Å²) in [6.07, 6.45) is -3.42. The molecular weight excluding hydrogens is 217 g/mol. The minimum absolute atomic E-state index is 0.158. The molecule has 0 aromatic heterocycles. The lowest BCUT2D eigenvalue weighted by Crippen LogP contribution is -2.19. The molecule has 0 saturated heterocycles. The van der Waals surface area contributed by atoms with E-state index in [2.05, 4.69) is 0 Å². The summed E-state index contributed by atoms with van der Waals surface area (Å²) in [4.78, 5) is 1.84. The Morgan fingerprint density at radius 1 is 1.31 bits per heavy atom. The zero-order chi connectivity index (χ0) is 12.3. The van der Waals surface area contributed by atoms with E-state index in [1.807, 2.05) is 18.9 Å². The summed E-state index contributed by atoms with van der Waals surface area (Å²) in [5, 5.41) is 0. The summed E-state index contributed by atoms with van der Waals surface area (Å²) >= 11 is 0. The van der Waals surface area contributed by atoms with E-state index < -0.39 is 11.7 Å². The molecule has 0 heterocycles. The first-order valence-electron chi connectivity index (χ1n) is 5.04. The number of alkyl halides is 3. The minimum Gasteiger partial charge on any atom is -0.397 e. The molecule has 16 heavy (non-hydrogen) atoms. The molecule has 0 unspecified atom stereocenters. The van der Waals surface area contributed by atoms with Crippen molar-refractivity contribution in [3.05, 3.63) is 23.8 Å². The molecule has 0 aliphatic heterocycles. The van der Waals surface area contributed by atoms with Crippen LogP contribution in [0.25, 0.3) is 0 Å². The van der Waals surface area contributed by atoms with Crippen LogP contribution in [0.2, 0.25) is 0 Å². The number of nitrogen functional groups attached to an aromatic ring is 1. The Bertz CT molecular complexity index is 361. The normalized spacial score (nSPS) is 11.6. The van der Waals surface area contributed by atoms with Crippen LogP contribution < -0.4 is 10.6 Å². The highest BCUT2D eigenvalue weighted by atomic mass is 19.4. The summed E-state index contributed by atoms with van der Waals surface area (Å²) in [6.45, 7) is 2.76. The lowest BCUT2D eigenvalue weighted by Gasteiger charge is -2.21. The molecule has 0 saturated carbocycles. The van der Waals surface area contributed by atoms with E-state index in [9.17, 15) is 13.2 Å². The molecule has 0 fully saturated rings. The van der Waals surface area contributed by atoms with E-state index in [0.29, 0.717) is 5.69 Å². The number of nitrogens with zero attached hydrogens (tertiary/aromatic N) is 1. The van der Waals surface area contributed by atoms with Crippen molar-refractivity contribution in [2.75, 3.05) is 24.2 Å². The molecule has 0 bridgehead atoms. The molecule has 2 N–H and O–H groups in total. The second-order valence-corrected chi connectivity index (χ2v) is 3.69. The van der Waals surface area contributed by atoms with Gasteiger partial charge >= 0.3 is 6.18 Å². The van der Waals surface area contributed by atoms with Gasteiger partial charge in [-0.25, -0.2) is 0 Å². The summed E-state index contributed by atoms with van der Waals surface area (Å²) in [6, 6.07) is 3.44. The number of rotatable bonds is 3. The fourth-order valence-electron chi connectivity index (χ4n) is 1.53. The molecule has 5 heteroatoms. The van der Waals surface area contributed by atoms with Crippen molar-refractivity contribution in [3.63, 3.8) is 0 Å². The van der Waals surface area contributed by atoms with E-state index in [4.69, 9.17) is 5.73 Å². The summed E-state index contributed by atoms with van der Waals surface area (Å²) in [7, 11) is 1.81. The van der Waals surface area contributed by atoms with Crippen LogP contribution in [0, 0.1) is 0 Å². The zero-order valence-corrected chi connectivity index (χ0v) is 9.30. The zero-order valence-electron chi connectivity index (χ0n) is 9.30. The van der Waals surface area contributed by atoms with Crippen LogP contribution in [0.3, 0.4) is 0 Å². The van der Waals surface area contributed by atoms with Gasteiger partial charge < -0.3 is 10.6 Å². The van der Waals surface area contributed by atoms with Crippen LogP contribution >= 0.6 is 0 Å². The standard InChI is InChI=1S/C11H15F3N2/c1-3-6-16(2)10-5-4-8(7-9(10)15)11(12,13)14/h4-5,7H,3,6,15H2,1-2H3. The Kier molecular flexibility index (Phi) is 3.67. The maximum atomic E-state index is 12.4. The second-order valence-electron chi connectivity index (χ2n) is 3.69. The number of nitrogens with two attached hydrogens (primary N) is 1. The molecule has 0 spiro atoms. The third kappa shape index (κ3) is 2.81. The molecule has 90 valence electrons. The van der Waals surface area contributed by atoms with Gasteiger partial charge in [0.25, 0.3) is 0 Å². The third-order valence-corrected chi connectivity index (χ3v) is 2.33. The molecule has 0 amide bonds. The average molecular weight is 232 g/mol. The number of halogens is 3. The van der Waals surface area contributed by atoms with Crippen molar-refractivity contribution in [2.45, 2.75) is 19.5 Å². The second kappa shape index (κ2) is 4.63. The monoisotopic (exact) mass is 232 g/mol. The molecule has 0 radical (unpaired) electrons. The Morgan fingerprint density at radius 2 is 1.94 bits per heavy atom. The fraction of sp³-hybridized carbons (Fsp3) is 0.455. The van der Waals surface area contributed by atoms with Gasteiger partial charge in [-0.2, -0.15) is 13.2 Å². The first-order valence-corrected chi connectivity index (χ1v) is 5.04. The lowest BCUT2D eigenvalue weighted by atomic mass is 10.1. The van der Waals surface area contributed by atoms with E-state index in [1.165, 1.54) is 6.07 Å². The van der Waals surface area contributed by atoms with Gasteiger partial charge in [-0.05, 0) is 24.6 Å². The highest BCUT2D eigenvalue weighted by Gasteiger charge is 2.30.